The Balaban J connectivity index is 3.26. The Kier molecular flexibility index (Phi) is 62.9. The Morgan fingerprint density at radius 1 is 0.365 bits per heavy atom. The zero-order valence-electron chi connectivity index (χ0n) is 50.4. The second-order valence-corrected chi connectivity index (χ2v) is 23.5. The van der Waals surface area contributed by atoms with Gasteiger partial charge < -0.3 is 20.3 Å². The lowest BCUT2D eigenvalue weighted by Gasteiger charge is -2.22. The van der Waals surface area contributed by atoms with Crippen molar-refractivity contribution in [2.24, 2.45) is 0 Å². The van der Waals surface area contributed by atoms with Gasteiger partial charge in [-0.25, -0.2) is 0 Å². The average molecular weight is 1040 g/mol. The summed E-state index contributed by atoms with van der Waals surface area (Å²) in [5.74, 6) is -0.0171. The van der Waals surface area contributed by atoms with E-state index in [1.165, 1.54) is 308 Å². The van der Waals surface area contributed by atoms with Crippen LogP contribution in [0.4, 0.5) is 0 Å². The van der Waals surface area contributed by atoms with Crippen molar-refractivity contribution in [2.45, 2.75) is 398 Å². The van der Waals surface area contributed by atoms with Crippen molar-refractivity contribution in [1.82, 2.24) is 5.32 Å². The van der Waals surface area contributed by atoms with Crippen molar-refractivity contribution in [2.75, 3.05) is 13.2 Å². The molecule has 0 saturated carbocycles. The normalized spacial score (nSPS) is 12.5. The molecule has 0 saturated heterocycles. The van der Waals surface area contributed by atoms with E-state index in [9.17, 15) is 19.8 Å². The van der Waals surface area contributed by atoms with E-state index < -0.39 is 12.1 Å². The maximum absolute atomic E-state index is 12.4. The number of carbonyl (C=O) groups is 2. The number of amides is 1. The van der Waals surface area contributed by atoms with Gasteiger partial charge in [-0.2, -0.15) is 0 Å². The highest BCUT2D eigenvalue weighted by Gasteiger charge is 2.20. The van der Waals surface area contributed by atoms with Crippen LogP contribution in [0.2, 0.25) is 0 Å². The predicted octanol–water partition coefficient (Wildman–Crippen LogP) is 21.6. The molecule has 0 spiro atoms. The molecule has 0 fully saturated rings. The molecule has 0 rings (SSSR count). The number of aliphatic hydroxyl groups excluding tert-OH is 2. The molecule has 6 heteroatoms. The van der Waals surface area contributed by atoms with Gasteiger partial charge in [0.25, 0.3) is 0 Å². The zero-order valence-corrected chi connectivity index (χ0v) is 50.4. The van der Waals surface area contributed by atoms with E-state index in [1.54, 1.807) is 0 Å². The lowest BCUT2D eigenvalue weighted by atomic mass is 10.0. The van der Waals surface area contributed by atoms with Crippen LogP contribution >= 0.6 is 0 Å². The number of carbonyl (C=O) groups excluding carboxylic acids is 2. The largest absolute Gasteiger partial charge is 0.466 e. The van der Waals surface area contributed by atoms with Gasteiger partial charge in [0.05, 0.1) is 25.4 Å². The highest BCUT2D eigenvalue weighted by molar-refractivity contribution is 5.76. The first kappa shape index (κ1) is 72.6. The number of rotatable bonds is 64. The molecule has 1 amide bonds. The van der Waals surface area contributed by atoms with E-state index in [0.29, 0.717) is 25.9 Å². The summed E-state index contributed by atoms with van der Waals surface area (Å²) in [7, 11) is 0. The minimum absolute atomic E-state index is 0.0126. The summed E-state index contributed by atoms with van der Waals surface area (Å²) in [4.78, 5) is 24.4. The topological polar surface area (TPSA) is 95.9 Å². The minimum Gasteiger partial charge on any atom is -0.466 e. The minimum atomic E-state index is -0.657. The van der Waals surface area contributed by atoms with Crippen molar-refractivity contribution in [3.63, 3.8) is 0 Å². The second kappa shape index (κ2) is 64.1. The fraction of sp³-hybridized carbons (Fsp3) is 0.941. The van der Waals surface area contributed by atoms with E-state index in [4.69, 9.17) is 4.74 Å². The van der Waals surface area contributed by atoms with Gasteiger partial charge in [0.15, 0.2) is 0 Å². The van der Waals surface area contributed by atoms with Crippen molar-refractivity contribution in [1.29, 1.82) is 0 Å². The van der Waals surface area contributed by atoms with Crippen LogP contribution < -0.4 is 5.32 Å². The third-order valence-electron chi connectivity index (χ3n) is 16.1. The molecule has 0 aromatic carbocycles. The number of allylic oxidation sites excluding steroid dienone is 2. The third kappa shape index (κ3) is 59.8. The van der Waals surface area contributed by atoms with Crippen LogP contribution in [0.25, 0.3) is 0 Å². The average Bonchev–Trinajstić information content (AvgIpc) is 3.40. The standard InChI is InChI=1S/C68H133NO5/c1-3-5-7-9-11-13-41-46-50-54-58-62-68(73)74-63-59-55-51-47-43-40-38-36-34-32-30-28-26-24-22-20-18-16-14-15-17-19-21-23-25-27-29-31-33-35-37-39-42-45-49-53-57-61-67(72)69-65(64-70)66(71)60-56-52-48-44-12-10-8-6-4-2/h9,11,65-66,70-71H,3-8,10,12-64H2,1-2H3,(H,69,72)/b11-9-. The van der Waals surface area contributed by atoms with Crippen LogP contribution in [0, 0.1) is 0 Å². The van der Waals surface area contributed by atoms with Gasteiger partial charge in [0.2, 0.25) is 5.91 Å². The summed E-state index contributed by atoms with van der Waals surface area (Å²) in [6, 6.07) is -0.534. The molecule has 0 bridgehead atoms. The molecule has 0 aromatic rings. The zero-order chi connectivity index (χ0) is 53.6. The molecular formula is C68H133NO5. The number of aliphatic hydroxyl groups is 2. The number of esters is 1. The number of hydrogen-bond acceptors (Lipinski definition) is 5. The lowest BCUT2D eigenvalue weighted by Crippen LogP contribution is -2.45. The van der Waals surface area contributed by atoms with Crippen LogP contribution in [0.1, 0.15) is 386 Å². The highest BCUT2D eigenvalue weighted by atomic mass is 16.5. The Labute approximate surface area is 463 Å². The third-order valence-corrected chi connectivity index (χ3v) is 16.1. The molecular weight excluding hydrogens is 911 g/mol. The lowest BCUT2D eigenvalue weighted by molar-refractivity contribution is -0.143. The Morgan fingerprint density at radius 2 is 0.649 bits per heavy atom. The van der Waals surface area contributed by atoms with Crippen molar-refractivity contribution >= 4 is 11.9 Å². The van der Waals surface area contributed by atoms with Gasteiger partial charge in [-0.1, -0.05) is 341 Å². The van der Waals surface area contributed by atoms with E-state index in [0.717, 1.165) is 44.9 Å². The van der Waals surface area contributed by atoms with Crippen LogP contribution in [0.15, 0.2) is 12.2 Å². The smallest absolute Gasteiger partial charge is 0.305 e. The van der Waals surface area contributed by atoms with E-state index in [1.807, 2.05) is 0 Å². The highest BCUT2D eigenvalue weighted by Crippen LogP contribution is 2.19. The number of hydrogen-bond donors (Lipinski definition) is 3. The monoisotopic (exact) mass is 1040 g/mol. The predicted molar refractivity (Wildman–Crippen MR) is 324 cm³/mol. The van der Waals surface area contributed by atoms with Gasteiger partial charge in [0, 0.05) is 12.8 Å². The summed E-state index contributed by atoms with van der Waals surface area (Å²) < 4.78 is 5.47. The number of unbranched alkanes of at least 4 members (excludes halogenated alkanes) is 51. The van der Waals surface area contributed by atoms with Gasteiger partial charge in [-0.15, -0.1) is 0 Å². The molecule has 440 valence electrons. The molecule has 0 aromatic heterocycles. The van der Waals surface area contributed by atoms with E-state index >= 15 is 0 Å². The molecule has 2 atom stereocenters. The van der Waals surface area contributed by atoms with E-state index in [2.05, 4.69) is 31.3 Å². The van der Waals surface area contributed by atoms with Crippen LogP contribution in [-0.2, 0) is 14.3 Å². The van der Waals surface area contributed by atoms with Gasteiger partial charge >= 0.3 is 5.97 Å². The Hall–Kier alpha value is -1.40. The molecule has 0 aliphatic rings. The van der Waals surface area contributed by atoms with Crippen molar-refractivity contribution in [3.8, 4) is 0 Å². The van der Waals surface area contributed by atoms with Gasteiger partial charge in [-0.05, 0) is 44.9 Å². The molecule has 0 radical (unpaired) electrons. The molecule has 0 heterocycles. The van der Waals surface area contributed by atoms with Crippen LogP contribution in [0.3, 0.4) is 0 Å². The Morgan fingerprint density at radius 3 is 1.00 bits per heavy atom. The molecule has 6 nitrogen and oxygen atoms in total. The first-order valence-corrected chi connectivity index (χ1v) is 33.9. The van der Waals surface area contributed by atoms with Crippen molar-refractivity contribution in [3.05, 3.63) is 12.2 Å². The van der Waals surface area contributed by atoms with Crippen LogP contribution in [-0.4, -0.2) is 47.4 Å². The summed E-state index contributed by atoms with van der Waals surface area (Å²) in [5, 5.41) is 23.1. The quantitative estimate of drug-likeness (QED) is 0.0320. The second-order valence-electron chi connectivity index (χ2n) is 23.5. The fourth-order valence-corrected chi connectivity index (χ4v) is 10.9. The summed E-state index contributed by atoms with van der Waals surface area (Å²) in [6.45, 7) is 4.92. The molecule has 2 unspecified atom stereocenters. The first-order chi connectivity index (χ1) is 36.5. The summed E-state index contributed by atoms with van der Waals surface area (Å²) in [6.07, 6.45) is 78.6. The van der Waals surface area contributed by atoms with Crippen molar-refractivity contribution < 1.29 is 24.5 Å². The van der Waals surface area contributed by atoms with E-state index in [-0.39, 0.29) is 18.5 Å². The molecule has 3 N–H and O–H groups in total. The molecule has 0 aliphatic carbocycles. The number of ether oxygens (including phenoxy) is 1. The maximum Gasteiger partial charge on any atom is 0.305 e. The molecule has 0 aliphatic heterocycles. The summed E-state index contributed by atoms with van der Waals surface area (Å²) in [5.41, 5.74) is 0. The fourth-order valence-electron chi connectivity index (χ4n) is 10.9. The number of nitrogens with one attached hydrogen (secondary N) is 1. The van der Waals surface area contributed by atoms with Gasteiger partial charge in [0.1, 0.15) is 0 Å². The molecule has 74 heavy (non-hydrogen) atoms. The summed E-state index contributed by atoms with van der Waals surface area (Å²) >= 11 is 0. The maximum atomic E-state index is 12.4. The van der Waals surface area contributed by atoms with Gasteiger partial charge in [-0.3, -0.25) is 9.59 Å². The SMILES string of the molecule is CCCC/C=C\CCCCCCCC(=O)OCCCCCCCCCCCCCCCCCCCCCCCCCCCCCCCCCCCCCCCC(=O)NC(CO)C(O)CCCCCCCCCCC. The van der Waals surface area contributed by atoms with Crippen LogP contribution in [0.5, 0.6) is 0 Å². The first-order valence-electron chi connectivity index (χ1n) is 33.9. The Bertz CT molecular complexity index is 1110.